The summed E-state index contributed by atoms with van der Waals surface area (Å²) in [6, 6.07) is 48.8. The summed E-state index contributed by atoms with van der Waals surface area (Å²) in [6.07, 6.45) is 4.00. The fraction of sp³-hybridized carbons (Fsp3) is 0.0909. The van der Waals surface area contributed by atoms with E-state index < -0.39 is 0 Å². The van der Waals surface area contributed by atoms with Crippen molar-refractivity contribution in [3.8, 4) is 0 Å². The highest BCUT2D eigenvalue weighted by Gasteiger charge is 2.13. The Labute approximate surface area is 265 Å². The average molecular weight is 591 g/mol. The molecule has 10 rings (SSSR count). The molecule has 0 unspecified atom stereocenters. The zero-order valence-corrected chi connectivity index (χ0v) is 25.3. The molecule has 2 heterocycles. The quantitative estimate of drug-likeness (QED) is 0.180. The lowest BCUT2D eigenvalue weighted by atomic mass is 9.90. The second kappa shape index (κ2) is 9.95. The first-order valence-electron chi connectivity index (χ1n) is 16.2. The van der Waals surface area contributed by atoms with E-state index in [0.717, 1.165) is 48.0 Å². The normalized spacial score (nSPS) is 12.3. The number of rotatable bonds is 6. The van der Waals surface area contributed by atoms with Crippen molar-refractivity contribution in [3.63, 3.8) is 0 Å². The Hall–Kier alpha value is -5.60. The van der Waals surface area contributed by atoms with E-state index in [1.807, 2.05) is 24.3 Å². The number of fused-ring (bicyclic) bond motifs is 6. The molecule has 0 amide bonds. The van der Waals surface area contributed by atoms with Gasteiger partial charge in [-0.05, 0) is 117 Å². The number of aryl methyl sites for hydroxylation is 4. The molecule has 0 aliphatic rings. The Morgan fingerprint density at radius 3 is 1.11 bits per heavy atom. The van der Waals surface area contributed by atoms with Crippen LogP contribution in [0.1, 0.15) is 22.3 Å². The standard InChI is InChI=1S/C44H30O2/c1-3-7-39-35(5-1)37-25-27(13-19-41(37)45-39)9-11-29-21-31-15-17-33-23-30(24-34-18-16-32(22-29)43(31)44(33)34)12-10-28-14-20-42-38(26-28)36-6-2-4-8-40(36)46-42/h1-8,13-26H,9-12H2. The molecule has 0 saturated heterocycles. The minimum atomic E-state index is 0.954. The van der Waals surface area contributed by atoms with E-state index in [1.165, 1.54) is 76.1 Å². The first-order chi connectivity index (χ1) is 22.7. The zero-order chi connectivity index (χ0) is 30.2. The molecule has 2 nitrogen and oxygen atoms in total. The van der Waals surface area contributed by atoms with Gasteiger partial charge in [0, 0.05) is 21.5 Å². The van der Waals surface area contributed by atoms with Gasteiger partial charge in [0.15, 0.2) is 0 Å². The average Bonchev–Trinajstić information content (AvgIpc) is 3.66. The van der Waals surface area contributed by atoms with Crippen LogP contribution >= 0.6 is 0 Å². The van der Waals surface area contributed by atoms with Gasteiger partial charge >= 0.3 is 0 Å². The van der Waals surface area contributed by atoms with Gasteiger partial charge in [-0.15, -0.1) is 0 Å². The monoisotopic (exact) mass is 590 g/mol. The van der Waals surface area contributed by atoms with Crippen LogP contribution in [0.3, 0.4) is 0 Å². The van der Waals surface area contributed by atoms with Crippen molar-refractivity contribution >= 4 is 76.2 Å². The predicted octanol–water partition coefficient (Wildman–Crippen LogP) is 12.0. The number of hydrogen-bond acceptors (Lipinski definition) is 2. The maximum atomic E-state index is 6.04. The van der Waals surface area contributed by atoms with Crippen molar-refractivity contribution in [2.24, 2.45) is 0 Å². The molecule has 0 N–H and O–H groups in total. The second-order valence-electron chi connectivity index (χ2n) is 12.8. The number of benzene rings is 8. The van der Waals surface area contributed by atoms with Gasteiger partial charge in [-0.25, -0.2) is 0 Å². The molecule has 2 heteroatoms. The van der Waals surface area contributed by atoms with Gasteiger partial charge in [-0.1, -0.05) is 97.1 Å². The largest absolute Gasteiger partial charge is 0.456 e. The molecule has 10 aromatic rings. The topological polar surface area (TPSA) is 26.3 Å². The fourth-order valence-corrected chi connectivity index (χ4v) is 7.69. The van der Waals surface area contributed by atoms with E-state index in [1.54, 1.807) is 0 Å². The molecule has 0 atom stereocenters. The van der Waals surface area contributed by atoms with E-state index in [9.17, 15) is 0 Å². The summed E-state index contributed by atoms with van der Waals surface area (Å²) in [7, 11) is 0. The van der Waals surface area contributed by atoms with Crippen LogP contribution in [0.4, 0.5) is 0 Å². The minimum Gasteiger partial charge on any atom is -0.456 e. The lowest BCUT2D eigenvalue weighted by Crippen LogP contribution is -1.95. The third-order valence-corrected chi connectivity index (χ3v) is 9.94. The number of furan rings is 2. The molecule has 8 aromatic carbocycles. The molecule has 0 fully saturated rings. The van der Waals surface area contributed by atoms with Crippen LogP contribution in [0.5, 0.6) is 0 Å². The van der Waals surface area contributed by atoms with Gasteiger partial charge in [0.2, 0.25) is 0 Å². The number of hydrogen-bond donors (Lipinski definition) is 0. The summed E-state index contributed by atoms with van der Waals surface area (Å²) >= 11 is 0. The highest BCUT2D eigenvalue weighted by molar-refractivity contribution is 6.23. The summed E-state index contributed by atoms with van der Waals surface area (Å²) in [5, 5.41) is 12.9. The van der Waals surface area contributed by atoms with Gasteiger partial charge < -0.3 is 8.83 Å². The summed E-state index contributed by atoms with van der Waals surface area (Å²) in [4.78, 5) is 0. The highest BCUT2D eigenvalue weighted by Crippen LogP contribution is 2.37. The molecule has 0 aliphatic carbocycles. The Morgan fingerprint density at radius 2 is 0.674 bits per heavy atom. The first kappa shape index (κ1) is 25.7. The van der Waals surface area contributed by atoms with Crippen molar-refractivity contribution in [3.05, 3.63) is 156 Å². The predicted molar refractivity (Wildman–Crippen MR) is 192 cm³/mol. The third kappa shape index (κ3) is 4.10. The van der Waals surface area contributed by atoms with Crippen LogP contribution in [0.2, 0.25) is 0 Å². The summed E-state index contributed by atoms with van der Waals surface area (Å²) in [5.74, 6) is 0. The van der Waals surface area contributed by atoms with Crippen molar-refractivity contribution in [1.82, 2.24) is 0 Å². The van der Waals surface area contributed by atoms with Crippen molar-refractivity contribution < 1.29 is 8.83 Å². The Morgan fingerprint density at radius 1 is 0.304 bits per heavy atom. The molecule has 0 bridgehead atoms. The van der Waals surface area contributed by atoms with Crippen molar-refractivity contribution in [2.75, 3.05) is 0 Å². The summed E-state index contributed by atoms with van der Waals surface area (Å²) < 4.78 is 12.1. The van der Waals surface area contributed by atoms with Crippen molar-refractivity contribution in [1.29, 1.82) is 0 Å². The lowest BCUT2D eigenvalue weighted by molar-refractivity contribution is 0.668. The van der Waals surface area contributed by atoms with Gasteiger partial charge in [-0.3, -0.25) is 0 Å². The Balaban J connectivity index is 0.932. The third-order valence-electron chi connectivity index (χ3n) is 9.94. The van der Waals surface area contributed by atoms with Crippen LogP contribution in [-0.4, -0.2) is 0 Å². The first-order valence-corrected chi connectivity index (χ1v) is 16.2. The second-order valence-corrected chi connectivity index (χ2v) is 12.8. The molecule has 46 heavy (non-hydrogen) atoms. The zero-order valence-electron chi connectivity index (χ0n) is 25.3. The van der Waals surface area contributed by atoms with Crippen LogP contribution in [0.25, 0.3) is 76.2 Å². The van der Waals surface area contributed by atoms with Gasteiger partial charge in [-0.2, -0.15) is 0 Å². The SMILES string of the molecule is c1ccc2c(c1)oc1ccc(CCc3cc4ccc5cc(CCc6ccc7oc8ccccc8c7c6)cc6ccc(c3)c4c56)cc12. The van der Waals surface area contributed by atoms with Crippen LogP contribution < -0.4 is 0 Å². The minimum absolute atomic E-state index is 0.954. The van der Waals surface area contributed by atoms with Crippen LogP contribution in [0.15, 0.2) is 142 Å². The fourth-order valence-electron chi connectivity index (χ4n) is 7.69. The molecule has 0 aliphatic heterocycles. The molecular weight excluding hydrogens is 560 g/mol. The van der Waals surface area contributed by atoms with Gasteiger partial charge in [0.1, 0.15) is 22.3 Å². The molecule has 0 radical (unpaired) electrons. The molecular formula is C44H30O2. The Bertz CT molecular complexity index is 2500. The van der Waals surface area contributed by atoms with E-state index in [4.69, 9.17) is 8.83 Å². The van der Waals surface area contributed by atoms with E-state index in [-0.39, 0.29) is 0 Å². The summed E-state index contributed by atoms with van der Waals surface area (Å²) in [6.45, 7) is 0. The maximum absolute atomic E-state index is 6.04. The van der Waals surface area contributed by atoms with E-state index in [2.05, 4.69) is 109 Å². The Kier molecular flexibility index (Phi) is 5.56. The van der Waals surface area contributed by atoms with E-state index in [0.29, 0.717) is 0 Å². The van der Waals surface area contributed by atoms with Crippen LogP contribution in [-0.2, 0) is 25.7 Å². The van der Waals surface area contributed by atoms with Gasteiger partial charge in [0.25, 0.3) is 0 Å². The van der Waals surface area contributed by atoms with Crippen molar-refractivity contribution in [2.45, 2.75) is 25.7 Å². The highest BCUT2D eigenvalue weighted by atomic mass is 16.3. The molecule has 2 aromatic heterocycles. The maximum Gasteiger partial charge on any atom is 0.135 e. The van der Waals surface area contributed by atoms with Gasteiger partial charge in [0.05, 0.1) is 0 Å². The summed E-state index contributed by atoms with van der Waals surface area (Å²) in [5.41, 5.74) is 9.27. The molecule has 0 saturated carbocycles. The van der Waals surface area contributed by atoms with E-state index >= 15 is 0 Å². The lowest BCUT2D eigenvalue weighted by Gasteiger charge is -2.14. The number of para-hydroxylation sites is 2. The molecule has 218 valence electrons. The molecule has 0 spiro atoms. The van der Waals surface area contributed by atoms with Crippen LogP contribution in [0, 0.1) is 0 Å². The smallest absolute Gasteiger partial charge is 0.135 e.